The molecule has 0 aliphatic carbocycles. The molecule has 0 spiro atoms. The Hall–Kier alpha value is -1.69. The molecule has 0 aromatic carbocycles. The molecule has 1 unspecified atom stereocenters. The van der Waals surface area contributed by atoms with Crippen LogP contribution in [0.4, 0.5) is 11.5 Å². The van der Waals surface area contributed by atoms with Crippen LogP contribution in [-0.2, 0) is 4.74 Å². The minimum atomic E-state index is -0.367. The summed E-state index contributed by atoms with van der Waals surface area (Å²) in [6.45, 7) is 5.00. The molecule has 1 atom stereocenters. The van der Waals surface area contributed by atoms with Crippen molar-refractivity contribution in [3.63, 3.8) is 0 Å². The van der Waals surface area contributed by atoms with Gasteiger partial charge in [0.2, 0.25) is 5.82 Å². The number of piperidine rings is 1. The van der Waals surface area contributed by atoms with Crippen LogP contribution in [0.15, 0.2) is 18.3 Å². The van der Waals surface area contributed by atoms with Crippen LogP contribution >= 0.6 is 0 Å². The third-order valence-electron chi connectivity index (χ3n) is 3.34. The number of ether oxygens (including phenoxy) is 1. The van der Waals surface area contributed by atoms with Gasteiger partial charge in [-0.1, -0.05) is 0 Å². The molecule has 1 aliphatic rings. The van der Waals surface area contributed by atoms with Crippen molar-refractivity contribution in [1.82, 2.24) is 4.98 Å². The number of hydrogen-bond donors (Lipinski definition) is 0. The summed E-state index contributed by atoms with van der Waals surface area (Å²) in [7, 11) is 0. The Bertz CT molecular complexity index is 439. The highest BCUT2D eigenvalue weighted by molar-refractivity contribution is 5.57. The van der Waals surface area contributed by atoms with Crippen LogP contribution in [-0.4, -0.2) is 36.2 Å². The lowest BCUT2D eigenvalue weighted by Gasteiger charge is -2.32. The first kappa shape index (κ1) is 13.7. The van der Waals surface area contributed by atoms with Crippen LogP contribution in [0.1, 0.15) is 19.8 Å². The van der Waals surface area contributed by atoms with Crippen molar-refractivity contribution in [3.05, 3.63) is 28.4 Å². The van der Waals surface area contributed by atoms with E-state index in [-0.39, 0.29) is 10.6 Å². The minimum Gasteiger partial charge on any atom is -0.381 e. The molecule has 1 aliphatic heterocycles. The van der Waals surface area contributed by atoms with E-state index >= 15 is 0 Å². The van der Waals surface area contributed by atoms with Gasteiger partial charge in [-0.3, -0.25) is 10.1 Å². The maximum Gasteiger partial charge on any atom is 0.311 e. The second kappa shape index (κ2) is 6.47. The summed E-state index contributed by atoms with van der Waals surface area (Å²) in [6, 6.07) is 3.11. The van der Waals surface area contributed by atoms with Gasteiger partial charge in [0, 0.05) is 32.0 Å². The molecule has 104 valence electrons. The van der Waals surface area contributed by atoms with Crippen molar-refractivity contribution in [2.24, 2.45) is 5.92 Å². The Morgan fingerprint density at radius 1 is 1.63 bits per heavy atom. The van der Waals surface area contributed by atoms with E-state index in [0.29, 0.717) is 24.9 Å². The average molecular weight is 265 g/mol. The van der Waals surface area contributed by atoms with E-state index in [2.05, 4.69) is 4.98 Å². The van der Waals surface area contributed by atoms with Gasteiger partial charge < -0.3 is 9.64 Å². The summed E-state index contributed by atoms with van der Waals surface area (Å²) in [5, 5.41) is 11.0. The number of nitro groups is 1. The SMILES string of the molecule is CCOCC1CCCN(c2ncccc2[N+](=O)[O-])C1. The zero-order chi connectivity index (χ0) is 13.7. The van der Waals surface area contributed by atoms with Crippen molar-refractivity contribution in [2.45, 2.75) is 19.8 Å². The van der Waals surface area contributed by atoms with Crippen LogP contribution in [0.2, 0.25) is 0 Å². The van der Waals surface area contributed by atoms with Gasteiger partial charge in [0.05, 0.1) is 11.5 Å². The van der Waals surface area contributed by atoms with E-state index in [1.165, 1.54) is 6.07 Å². The largest absolute Gasteiger partial charge is 0.381 e. The number of nitrogens with zero attached hydrogens (tertiary/aromatic N) is 3. The summed E-state index contributed by atoms with van der Waals surface area (Å²) < 4.78 is 5.45. The fourth-order valence-electron chi connectivity index (χ4n) is 2.45. The molecular weight excluding hydrogens is 246 g/mol. The molecule has 2 rings (SSSR count). The third kappa shape index (κ3) is 3.41. The summed E-state index contributed by atoms with van der Waals surface area (Å²) in [4.78, 5) is 16.9. The zero-order valence-corrected chi connectivity index (χ0v) is 11.1. The molecule has 1 aromatic heterocycles. The Morgan fingerprint density at radius 2 is 2.47 bits per heavy atom. The quantitative estimate of drug-likeness (QED) is 0.603. The van der Waals surface area contributed by atoms with Crippen molar-refractivity contribution < 1.29 is 9.66 Å². The predicted octanol–water partition coefficient (Wildman–Crippen LogP) is 2.24. The van der Waals surface area contributed by atoms with E-state index in [4.69, 9.17) is 4.74 Å². The predicted molar refractivity (Wildman–Crippen MR) is 72.3 cm³/mol. The van der Waals surface area contributed by atoms with E-state index < -0.39 is 0 Å². The fraction of sp³-hybridized carbons (Fsp3) is 0.615. The van der Waals surface area contributed by atoms with Gasteiger partial charge >= 0.3 is 5.69 Å². The first-order chi connectivity index (χ1) is 9.22. The Balaban J connectivity index is 2.11. The lowest BCUT2D eigenvalue weighted by Crippen LogP contribution is -2.38. The molecule has 6 nitrogen and oxygen atoms in total. The smallest absolute Gasteiger partial charge is 0.311 e. The maximum atomic E-state index is 11.0. The highest BCUT2D eigenvalue weighted by Crippen LogP contribution is 2.29. The molecule has 1 aromatic rings. The van der Waals surface area contributed by atoms with Crippen molar-refractivity contribution in [3.8, 4) is 0 Å². The highest BCUT2D eigenvalue weighted by Gasteiger charge is 2.26. The lowest BCUT2D eigenvalue weighted by atomic mass is 9.99. The van der Waals surface area contributed by atoms with Gasteiger partial charge in [0.1, 0.15) is 0 Å². The first-order valence-electron chi connectivity index (χ1n) is 6.64. The normalized spacial score (nSPS) is 19.4. The fourth-order valence-corrected chi connectivity index (χ4v) is 2.45. The van der Waals surface area contributed by atoms with Gasteiger partial charge in [0.15, 0.2) is 0 Å². The second-order valence-electron chi connectivity index (χ2n) is 4.72. The summed E-state index contributed by atoms with van der Waals surface area (Å²) in [5.41, 5.74) is 0.0829. The van der Waals surface area contributed by atoms with E-state index in [1.807, 2.05) is 11.8 Å². The topological polar surface area (TPSA) is 68.5 Å². The number of hydrogen-bond acceptors (Lipinski definition) is 5. The molecule has 1 fully saturated rings. The van der Waals surface area contributed by atoms with Crippen LogP contribution in [0.25, 0.3) is 0 Å². The number of anilines is 1. The molecule has 0 bridgehead atoms. The molecule has 6 heteroatoms. The molecule has 0 radical (unpaired) electrons. The summed E-state index contributed by atoms with van der Waals surface area (Å²) >= 11 is 0. The van der Waals surface area contributed by atoms with Crippen LogP contribution in [0.5, 0.6) is 0 Å². The Morgan fingerprint density at radius 3 is 3.21 bits per heavy atom. The van der Waals surface area contributed by atoms with Gasteiger partial charge in [-0.2, -0.15) is 0 Å². The van der Waals surface area contributed by atoms with Crippen molar-refractivity contribution >= 4 is 11.5 Å². The van der Waals surface area contributed by atoms with Crippen molar-refractivity contribution in [2.75, 3.05) is 31.2 Å². The molecule has 0 saturated carbocycles. The standard InChI is InChI=1S/C13H19N3O3/c1-2-19-10-11-5-4-8-15(9-11)13-12(16(17)18)6-3-7-14-13/h3,6-7,11H,2,4-5,8-10H2,1H3. The Labute approximate surface area is 112 Å². The zero-order valence-electron chi connectivity index (χ0n) is 11.1. The van der Waals surface area contributed by atoms with Gasteiger partial charge in [-0.15, -0.1) is 0 Å². The van der Waals surface area contributed by atoms with Crippen LogP contribution in [0.3, 0.4) is 0 Å². The summed E-state index contributed by atoms with van der Waals surface area (Å²) in [6.07, 6.45) is 3.73. The number of aromatic nitrogens is 1. The molecule has 2 heterocycles. The monoisotopic (exact) mass is 265 g/mol. The number of pyridine rings is 1. The highest BCUT2D eigenvalue weighted by atomic mass is 16.6. The third-order valence-corrected chi connectivity index (χ3v) is 3.34. The van der Waals surface area contributed by atoms with E-state index in [9.17, 15) is 10.1 Å². The molecular formula is C13H19N3O3. The van der Waals surface area contributed by atoms with Gasteiger partial charge in [-0.25, -0.2) is 4.98 Å². The average Bonchev–Trinajstić information content (AvgIpc) is 2.45. The van der Waals surface area contributed by atoms with Crippen LogP contribution < -0.4 is 4.90 Å². The maximum absolute atomic E-state index is 11.0. The second-order valence-corrected chi connectivity index (χ2v) is 4.72. The van der Waals surface area contributed by atoms with E-state index in [1.54, 1.807) is 12.3 Å². The molecule has 0 N–H and O–H groups in total. The molecule has 19 heavy (non-hydrogen) atoms. The van der Waals surface area contributed by atoms with Gasteiger partial charge in [0.25, 0.3) is 0 Å². The van der Waals surface area contributed by atoms with Gasteiger partial charge in [-0.05, 0) is 31.7 Å². The van der Waals surface area contributed by atoms with E-state index in [0.717, 1.165) is 25.9 Å². The first-order valence-corrected chi connectivity index (χ1v) is 6.64. The lowest BCUT2D eigenvalue weighted by molar-refractivity contribution is -0.384. The Kier molecular flexibility index (Phi) is 4.68. The molecule has 0 amide bonds. The molecule has 1 saturated heterocycles. The minimum absolute atomic E-state index is 0.0829. The van der Waals surface area contributed by atoms with Crippen molar-refractivity contribution in [1.29, 1.82) is 0 Å². The number of rotatable bonds is 5. The summed E-state index contributed by atoms with van der Waals surface area (Å²) in [5.74, 6) is 0.906. The van der Waals surface area contributed by atoms with Crippen LogP contribution in [0, 0.1) is 16.0 Å².